The van der Waals surface area contributed by atoms with Gasteiger partial charge in [-0.05, 0) is 34.1 Å². The lowest BCUT2D eigenvalue weighted by Gasteiger charge is -2.09. The maximum Gasteiger partial charge on any atom is 0.336 e. The molecule has 0 bridgehead atoms. The van der Waals surface area contributed by atoms with Crippen LogP contribution >= 0.6 is 15.9 Å². The molecule has 0 aliphatic rings. The van der Waals surface area contributed by atoms with E-state index in [4.69, 9.17) is 4.74 Å². The molecule has 0 saturated heterocycles. The molecule has 0 aliphatic heterocycles. The van der Waals surface area contributed by atoms with E-state index in [-0.39, 0.29) is 11.4 Å². The van der Waals surface area contributed by atoms with Gasteiger partial charge in [0.25, 0.3) is 0 Å². The Balaban J connectivity index is 2.11. The Morgan fingerprint density at radius 3 is 2.57 bits per heavy atom. The number of halogens is 1. The van der Waals surface area contributed by atoms with Crippen LogP contribution in [0.2, 0.25) is 0 Å². The average molecular weight is 344 g/mol. The summed E-state index contributed by atoms with van der Waals surface area (Å²) in [6.07, 6.45) is 0. The number of rotatable bonds is 3. The molecule has 0 spiro atoms. The summed E-state index contributed by atoms with van der Waals surface area (Å²) in [6.45, 7) is 0. The van der Waals surface area contributed by atoms with E-state index >= 15 is 0 Å². The lowest BCUT2D eigenvalue weighted by molar-refractivity contribution is 0.0698. The zero-order chi connectivity index (χ0) is 14.8. The van der Waals surface area contributed by atoms with Gasteiger partial charge in [-0.25, -0.2) is 9.78 Å². The third kappa shape index (κ3) is 2.73. The number of pyridine rings is 1. The Morgan fingerprint density at radius 1 is 1.10 bits per heavy atom. The molecule has 0 radical (unpaired) electrons. The van der Waals surface area contributed by atoms with E-state index in [0.29, 0.717) is 16.7 Å². The fourth-order valence-corrected chi connectivity index (χ4v) is 2.39. The smallest absolute Gasteiger partial charge is 0.336 e. The van der Waals surface area contributed by atoms with E-state index in [9.17, 15) is 9.90 Å². The Kier molecular flexibility index (Phi) is 3.58. The number of carboxylic acid groups (broad SMARTS) is 1. The van der Waals surface area contributed by atoms with Crippen LogP contribution in [-0.4, -0.2) is 16.1 Å². The van der Waals surface area contributed by atoms with Crippen LogP contribution in [0.1, 0.15) is 10.4 Å². The van der Waals surface area contributed by atoms with Gasteiger partial charge in [0.05, 0.1) is 15.6 Å². The Hall–Kier alpha value is -2.40. The quantitative estimate of drug-likeness (QED) is 0.761. The first-order chi connectivity index (χ1) is 10.1. The summed E-state index contributed by atoms with van der Waals surface area (Å²) in [4.78, 5) is 15.7. The molecule has 1 N–H and O–H groups in total. The van der Waals surface area contributed by atoms with Gasteiger partial charge < -0.3 is 9.84 Å². The van der Waals surface area contributed by atoms with Crippen LogP contribution in [0.3, 0.4) is 0 Å². The Bertz CT molecular complexity index is 833. The van der Waals surface area contributed by atoms with Gasteiger partial charge in [-0.3, -0.25) is 0 Å². The molecular weight excluding hydrogens is 334 g/mol. The van der Waals surface area contributed by atoms with E-state index in [1.165, 1.54) is 6.07 Å². The van der Waals surface area contributed by atoms with Crippen LogP contribution in [0.5, 0.6) is 11.6 Å². The van der Waals surface area contributed by atoms with E-state index < -0.39 is 5.97 Å². The predicted octanol–water partition coefficient (Wildman–Crippen LogP) is 4.49. The van der Waals surface area contributed by atoms with Gasteiger partial charge >= 0.3 is 5.97 Å². The molecule has 1 aromatic heterocycles. The minimum atomic E-state index is -1.01. The van der Waals surface area contributed by atoms with E-state index in [1.54, 1.807) is 24.3 Å². The van der Waals surface area contributed by atoms with Crippen molar-refractivity contribution in [2.75, 3.05) is 0 Å². The number of fused-ring (bicyclic) bond motifs is 1. The summed E-state index contributed by atoms with van der Waals surface area (Å²) >= 11 is 3.38. The SMILES string of the molecule is O=C(O)c1cc(Oc2ccccc2Br)nc2ccccc12. The van der Waals surface area contributed by atoms with Crippen LogP contribution in [0, 0.1) is 0 Å². The summed E-state index contributed by atoms with van der Waals surface area (Å²) in [5, 5.41) is 9.92. The number of nitrogens with zero attached hydrogens (tertiary/aromatic N) is 1. The Labute approximate surface area is 129 Å². The molecule has 5 heteroatoms. The van der Waals surface area contributed by atoms with Crippen molar-refractivity contribution in [1.29, 1.82) is 0 Å². The van der Waals surface area contributed by atoms with E-state index in [2.05, 4.69) is 20.9 Å². The van der Waals surface area contributed by atoms with Crippen LogP contribution in [-0.2, 0) is 0 Å². The molecule has 0 atom stereocenters. The van der Waals surface area contributed by atoms with Gasteiger partial charge in [-0.1, -0.05) is 30.3 Å². The largest absolute Gasteiger partial charge is 0.478 e. The van der Waals surface area contributed by atoms with E-state index in [0.717, 1.165) is 4.47 Å². The van der Waals surface area contributed by atoms with Crippen molar-refractivity contribution in [2.45, 2.75) is 0 Å². The van der Waals surface area contributed by atoms with Crippen LogP contribution in [0.15, 0.2) is 59.1 Å². The van der Waals surface area contributed by atoms with Crippen molar-refractivity contribution in [1.82, 2.24) is 4.98 Å². The van der Waals surface area contributed by atoms with Crippen molar-refractivity contribution in [3.8, 4) is 11.6 Å². The van der Waals surface area contributed by atoms with Crippen molar-refractivity contribution in [2.24, 2.45) is 0 Å². The molecule has 0 unspecified atom stereocenters. The average Bonchev–Trinajstić information content (AvgIpc) is 2.48. The zero-order valence-electron chi connectivity index (χ0n) is 10.8. The molecule has 0 saturated carbocycles. The van der Waals surface area contributed by atoms with Crippen molar-refractivity contribution >= 4 is 32.8 Å². The molecule has 3 aromatic rings. The number of aromatic carboxylic acids is 1. The molecule has 21 heavy (non-hydrogen) atoms. The van der Waals surface area contributed by atoms with Crippen LogP contribution in [0.25, 0.3) is 10.9 Å². The van der Waals surface area contributed by atoms with Gasteiger partial charge in [0, 0.05) is 11.5 Å². The normalized spacial score (nSPS) is 10.5. The van der Waals surface area contributed by atoms with Crippen molar-refractivity contribution in [3.63, 3.8) is 0 Å². The summed E-state index contributed by atoms with van der Waals surface area (Å²) in [5.41, 5.74) is 0.752. The summed E-state index contributed by atoms with van der Waals surface area (Å²) < 4.78 is 6.46. The summed E-state index contributed by atoms with van der Waals surface area (Å²) in [7, 11) is 0. The fourth-order valence-electron chi connectivity index (χ4n) is 2.02. The predicted molar refractivity (Wildman–Crippen MR) is 82.9 cm³/mol. The molecule has 104 valence electrons. The second-order valence-corrected chi connectivity index (χ2v) is 5.22. The third-order valence-electron chi connectivity index (χ3n) is 2.97. The number of hydrogen-bond acceptors (Lipinski definition) is 3. The van der Waals surface area contributed by atoms with Gasteiger partial charge in [-0.15, -0.1) is 0 Å². The zero-order valence-corrected chi connectivity index (χ0v) is 12.4. The van der Waals surface area contributed by atoms with E-state index in [1.807, 2.05) is 24.3 Å². The number of carboxylic acids is 1. The molecule has 0 amide bonds. The molecule has 3 rings (SSSR count). The summed E-state index contributed by atoms with van der Waals surface area (Å²) in [5.74, 6) is -0.180. The van der Waals surface area contributed by atoms with Crippen LogP contribution < -0.4 is 4.74 Å². The number of carbonyl (C=O) groups is 1. The topological polar surface area (TPSA) is 59.4 Å². The maximum atomic E-state index is 11.4. The molecule has 4 nitrogen and oxygen atoms in total. The third-order valence-corrected chi connectivity index (χ3v) is 3.63. The van der Waals surface area contributed by atoms with Gasteiger partial charge in [-0.2, -0.15) is 0 Å². The van der Waals surface area contributed by atoms with Gasteiger partial charge in [0.1, 0.15) is 5.75 Å². The Morgan fingerprint density at radius 2 is 1.81 bits per heavy atom. The lowest BCUT2D eigenvalue weighted by Crippen LogP contribution is -2.00. The van der Waals surface area contributed by atoms with Crippen molar-refractivity contribution < 1.29 is 14.6 Å². The number of ether oxygens (including phenoxy) is 1. The lowest BCUT2D eigenvalue weighted by atomic mass is 10.1. The van der Waals surface area contributed by atoms with Gasteiger partial charge in [0.15, 0.2) is 0 Å². The highest BCUT2D eigenvalue weighted by atomic mass is 79.9. The molecule has 0 fully saturated rings. The van der Waals surface area contributed by atoms with Crippen LogP contribution in [0.4, 0.5) is 0 Å². The number of para-hydroxylation sites is 2. The molecule has 2 aromatic carbocycles. The number of aromatic nitrogens is 1. The first-order valence-corrected chi connectivity index (χ1v) is 7.00. The first-order valence-electron chi connectivity index (χ1n) is 6.20. The molecule has 1 heterocycles. The minimum absolute atomic E-state index is 0.169. The second kappa shape index (κ2) is 5.54. The monoisotopic (exact) mass is 343 g/mol. The summed E-state index contributed by atoms with van der Waals surface area (Å²) in [6, 6.07) is 15.8. The minimum Gasteiger partial charge on any atom is -0.478 e. The van der Waals surface area contributed by atoms with Crippen molar-refractivity contribution in [3.05, 3.63) is 64.6 Å². The highest BCUT2D eigenvalue weighted by molar-refractivity contribution is 9.10. The molecular formula is C16H10BrNO3. The standard InChI is InChI=1S/C16H10BrNO3/c17-12-6-2-4-8-14(12)21-15-9-11(16(19)20)10-5-1-3-7-13(10)18-15/h1-9H,(H,19,20). The number of hydrogen-bond donors (Lipinski definition) is 1. The highest BCUT2D eigenvalue weighted by Gasteiger charge is 2.13. The highest BCUT2D eigenvalue weighted by Crippen LogP contribution is 2.30. The number of benzene rings is 2. The molecule has 0 aliphatic carbocycles. The second-order valence-electron chi connectivity index (χ2n) is 4.36. The maximum absolute atomic E-state index is 11.4. The first kappa shape index (κ1) is 13.6. The van der Waals surface area contributed by atoms with Gasteiger partial charge in [0.2, 0.25) is 5.88 Å². The fraction of sp³-hybridized carbons (Fsp3) is 0.